The van der Waals surface area contributed by atoms with Crippen LogP contribution in [-0.2, 0) is 13.1 Å². The molecule has 3 heterocycles. The SMILES string of the molecule is CN=C(NCc1ccc(CN2CCCCC2C)cc1)N1CCN(c2ncccn2)CC1.I. The van der Waals surface area contributed by atoms with Crippen LogP contribution in [0.1, 0.15) is 37.3 Å². The van der Waals surface area contributed by atoms with E-state index in [-0.39, 0.29) is 24.0 Å². The van der Waals surface area contributed by atoms with Gasteiger partial charge in [0.05, 0.1) is 0 Å². The van der Waals surface area contributed by atoms with E-state index in [0.29, 0.717) is 6.04 Å². The second kappa shape index (κ2) is 12.3. The summed E-state index contributed by atoms with van der Waals surface area (Å²) in [6, 6.07) is 11.6. The third-order valence-corrected chi connectivity index (χ3v) is 6.43. The van der Waals surface area contributed by atoms with Crippen molar-refractivity contribution in [2.75, 3.05) is 44.7 Å². The average Bonchev–Trinajstić information content (AvgIpc) is 2.83. The number of piperidine rings is 1. The molecular formula is C24H36IN7. The lowest BCUT2D eigenvalue weighted by molar-refractivity contribution is 0.152. The summed E-state index contributed by atoms with van der Waals surface area (Å²) in [5.41, 5.74) is 2.69. The predicted octanol–water partition coefficient (Wildman–Crippen LogP) is 3.37. The van der Waals surface area contributed by atoms with Gasteiger partial charge in [-0.1, -0.05) is 30.7 Å². The van der Waals surface area contributed by atoms with E-state index in [1.54, 1.807) is 12.4 Å². The summed E-state index contributed by atoms with van der Waals surface area (Å²) in [7, 11) is 1.86. The molecule has 2 fully saturated rings. The Bertz CT molecular complexity index is 835. The molecule has 0 aliphatic carbocycles. The lowest BCUT2D eigenvalue weighted by atomic mass is 10.0. The first-order valence-electron chi connectivity index (χ1n) is 11.5. The smallest absolute Gasteiger partial charge is 0.225 e. The molecule has 2 aliphatic heterocycles. The molecule has 1 aromatic heterocycles. The number of hydrogen-bond donors (Lipinski definition) is 1. The van der Waals surface area contributed by atoms with Crippen LogP contribution in [0.15, 0.2) is 47.7 Å². The minimum absolute atomic E-state index is 0. The van der Waals surface area contributed by atoms with Gasteiger partial charge >= 0.3 is 0 Å². The molecule has 2 saturated heterocycles. The number of nitrogens with zero attached hydrogens (tertiary/aromatic N) is 6. The van der Waals surface area contributed by atoms with E-state index in [2.05, 4.69) is 66.2 Å². The molecule has 1 aromatic carbocycles. The first kappa shape index (κ1) is 24.7. The number of nitrogens with one attached hydrogen (secondary N) is 1. The zero-order chi connectivity index (χ0) is 21.5. The third kappa shape index (κ3) is 6.54. The van der Waals surface area contributed by atoms with Gasteiger partial charge in [0.2, 0.25) is 5.95 Å². The van der Waals surface area contributed by atoms with E-state index >= 15 is 0 Å². The minimum Gasteiger partial charge on any atom is -0.352 e. The van der Waals surface area contributed by atoms with Gasteiger partial charge in [0.25, 0.3) is 0 Å². The lowest BCUT2D eigenvalue weighted by Gasteiger charge is -2.36. The van der Waals surface area contributed by atoms with Crippen LogP contribution >= 0.6 is 24.0 Å². The molecule has 4 rings (SSSR count). The summed E-state index contributed by atoms with van der Waals surface area (Å²) >= 11 is 0. The number of aromatic nitrogens is 2. The second-order valence-electron chi connectivity index (χ2n) is 8.56. The van der Waals surface area contributed by atoms with Gasteiger partial charge in [-0.15, -0.1) is 24.0 Å². The Balaban J connectivity index is 0.00000289. The quantitative estimate of drug-likeness (QED) is 0.351. The van der Waals surface area contributed by atoms with E-state index in [0.717, 1.165) is 51.2 Å². The van der Waals surface area contributed by atoms with Crippen LogP contribution in [0.3, 0.4) is 0 Å². The van der Waals surface area contributed by atoms with E-state index in [4.69, 9.17) is 0 Å². The van der Waals surface area contributed by atoms with Crippen molar-refractivity contribution in [1.29, 1.82) is 0 Å². The molecule has 0 radical (unpaired) electrons. The Morgan fingerprint density at radius 1 is 1.00 bits per heavy atom. The fourth-order valence-electron chi connectivity index (χ4n) is 4.48. The van der Waals surface area contributed by atoms with Gasteiger partial charge in [-0.05, 0) is 43.5 Å². The Labute approximate surface area is 209 Å². The topological polar surface area (TPSA) is 59.9 Å². The van der Waals surface area contributed by atoms with Crippen molar-refractivity contribution in [3.63, 3.8) is 0 Å². The fraction of sp³-hybridized carbons (Fsp3) is 0.542. The third-order valence-electron chi connectivity index (χ3n) is 6.43. The highest BCUT2D eigenvalue weighted by Gasteiger charge is 2.21. The van der Waals surface area contributed by atoms with E-state index in [1.807, 2.05) is 13.1 Å². The standard InChI is InChI=1S/C24H35N7.HI/c1-20-6-3-4-13-31(20)19-22-9-7-21(8-10-22)18-28-23(25-2)29-14-16-30(17-15-29)24-26-11-5-12-27-24;/h5,7-12,20H,3-4,6,13-19H2,1-2H3,(H,25,28);1H. The van der Waals surface area contributed by atoms with Gasteiger partial charge < -0.3 is 15.1 Å². The number of likely N-dealkylation sites (tertiary alicyclic amines) is 1. The first-order chi connectivity index (χ1) is 15.2. The first-order valence-corrected chi connectivity index (χ1v) is 11.5. The van der Waals surface area contributed by atoms with Crippen LogP contribution in [0.5, 0.6) is 0 Å². The Kier molecular flexibility index (Phi) is 9.52. The van der Waals surface area contributed by atoms with Crippen LogP contribution in [0, 0.1) is 0 Å². The molecule has 2 aliphatic rings. The number of rotatable bonds is 5. The van der Waals surface area contributed by atoms with Gasteiger partial charge in [-0.25, -0.2) is 9.97 Å². The molecule has 1 N–H and O–H groups in total. The molecule has 0 amide bonds. The summed E-state index contributed by atoms with van der Waals surface area (Å²) in [4.78, 5) is 20.4. The van der Waals surface area contributed by atoms with Crippen LogP contribution in [-0.4, -0.2) is 71.5 Å². The normalized spacial score (nSPS) is 20.1. The van der Waals surface area contributed by atoms with Gasteiger partial charge in [-0.3, -0.25) is 9.89 Å². The van der Waals surface area contributed by atoms with E-state index in [9.17, 15) is 0 Å². The number of halogens is 1. The van der Waals surface area contributed by atoms with Crippen LogP contribution in [0.25, 0.3) is 0 Å². The Morgan fingerprint density at radius 2 is 1.69 bits per heavy atom. The number of anilines is 1. The maximum absolute atomic E-state index is 4.50. The Morgan fingerprint density at radius 3 is 2.34 bits per heavy atom. The van der Waals surface area contributed by atoms with Crippen LogP contribution < -0.4 is 10.2 Å². The molecule has 32 heavy (non-hydrogen) atoms. The van der Waals surface area contributed by atoms with Crippen LogP contribution in [0.4, 0.5) is 5.95 Å². The summed E-state index contributed by atoms with van der Waals surface area (Å²) in [6.07, 6.45) is 7.63. The lowest BCUT2D eigenvalue weighted by Crippen LogP contribution is -2.52. The zero-order valence-electron chi connectivity index (χ0n) is 19.3. The van der Waals surface area contributed by atoms with Crippen LogP contribution in [0.2, 0.25) is 0 Å². The monoisotopic (exact) mass is 549 g/mol. The van der Waals surface area contributed by atoms with E-state index in [1.165, 1.54) is 36.9 Å². The van der Waals surface area contributed by atoms with Crippen molar-refractivity contribution in [3.05, 3.63) is 53.9 Å². The van der Waals surface area contributed by atoms with Gasteiger partial charge in [0, 0.05) is 64.8 Å². The summed E-state index contributed by atoms with van der Waals surface area (Å²) in [6.45, 7) is 9.04. The number of benzene rings is 1. The van der Waals surface area contributed by atoms with Gasteiger partial charge in [0.1, 0.15) is 0 Å². The molecule has 2 aromatic rings. The van der Waals surface area contributed by atoms with Crippen molar-refractivity contribution in [2.45, 2.75) is 45.3 Å². The molecule has 0 bridgehead atoms. The largest absolute Gasteiger partial charge is 0.352 e. The highest BCUT2D eigenvalue weighted by atomic mass is 127. The summed E-state index contributed by atoms with van der Waals surface area (Å²) in [5, 5.41) is 3.53. The number of aliphatic imine (C=N–C) groups is 1. The van der Waals surface area contributed by atoms with Crippen molar-refractivity contribution in [1.82, 2.24) is 25.1 Å². The summed E-state index contributed by atoms with van der Waals surface area (Å²) in [5.74, 6) is 1.77. The molecule has 0 saturated carbocycles. The zero-order valence-corrected chi connectivity index (χ0v) is 21.6. The minimum atomic E-state index is 0. The summed E-state index contributed by atoms with van der Waals surface area (Å²) < 4.78 is 0. The number of piperazine rings is 1. The maximum atomic E-state index is 4.50. The van der Waals surface area contributed by atoms with Crippen molar-refractivity contribution >= 4 is 35.9 Å². The van der Waals surface area contributed by atoms with Crippen molar-refractivity contribution in [3.8, 4) is 0 Å². The van der Waals surface area contributed by atoms with Crippen molar-refractivity contribution in [2.24, 2.45) is 4.99 Å². The molecule has 1 unspecified atom stereocenters. The maximum Gasteiger partial charge on any atom is 0.225 e. The highest BCUT2D eigenvalue weighted by molar-refractivity contribution is 14.0. The molecular weight excluding hydrogens is 513 g/mol. The van der Waals surface area contributed by atoms with E-state index < -0.39 is 0 Å². The molecule has 8 heteroatoms. The molecule has 1 atom stereocenters. The molecule has 7 nitrogen and oxygen atoms in total. The Hall–Kier alpha value is -1.94. The van der Waals surface area contributed by atoms with Gasteiger partial charge in [-0.2, -0.15) is 0 Å². The molecule has 174 valence electrons. The molecule has 0 spiro atoms. The average molecular weight is 550 g/mol. The highest BCUT2D eigenvalue weighted by Crippen LogP contribution is 2.19. The fourth-order valence-corrected chi connectivity index (χ4v) is 4.48. The predicted molar refractivity (Wildman–Crippen MR) is 142 cm³/mol. The van der Waals surface area contributed by atoms with Gasteiger partial charge in [0.15, 0.2) is 5.96 Å². The van der Waals surface area contributed by atoms with Crippen molar-refractivity contribution < 1.29 is 0 Å². The number of guanidine groups is 1. The number of hydrogen-bond acceptors (Lipinski definition) is 5. The second-order valence-corrected chi connectivity index (χ2v) is 8.56.